The second-order valence-corrected chi connectivity index (χ2v) is 8.57. The molecule has 4 aromatic carbocycles. The van der Waals surface area contributed by atoms with Crippen molar-refractivity contribution in [3.05, 3.63) is 96.6 Å². The molecule has 0 unspecified atom stereocenters. The molecule has 0 radical (unpaired) electrons. The molecule has 0 spiro atoms. The van der Waals surface area contributed by atoms with E-state index in [0.717, 1.165) is 9.79 Å². The third kappa shape index (κ3) is 3.87. The van der Waals surface area contributed by atoms with Crippen LogP contribution in [0.15, 0.2) is 104 Å². The average Bonchev–Trinajstić information content (AvgIpc) is 3.43. The molecule has 0 atom stereocenters. The smallest absolute Gasteiger partial charge is 0.227 e. The molecule has 160 valence electrons. The molecule has 2 heterocycles. The van der Waals surface area contributed by atoms with Crippen molar-refractivity contribution in [3.63, 3.8) is 0 Å². The van der Waals surface area contributed by atoms with Crippen LogP contribution in [0.1, 0.15) is 0 Å². The third-order valence-electron chi connectivity index (χ3n) is 5.10. The Labute approximate surface area is 190 Å². The molecule has 6 aromatic rings. The molecule has 0 bridgehead atoms. The second kappa shape index (κ2) is 7.86. The fourth-order valence-electron chi connectivity index (χ4n) is 3.56. The van der Waals surface area contributed by atoms with Gasteiger partial charge in [-0.15, -0.1) is 0 Å². The van der Waals surface area contributed by atoms with Crippen LogP contribution in [0.25, 0.3) is 45.1 Å². The lowest BCUT2D eigenvalue weighted by Crippen LogP contribution is -1.79. The number of oxazole rings is 2. The Hall–Kier alpha value is -3.97. The zero-order chi connectivity index (χ0) is 22.4. The molecular formula is C26H14F2N2O2S. The van der Waals surface area contributed by atoms with Crippen LogP contribution in [-0.2, 0) is 0 Å². The SMILES string of the molecule is Fc1cccc(-c2nc3ccc(Sc4ccc5nc(-c6cccc(F)c6)oc5c4)cc3o2)c1. The number of aromatic nitrogens is 2. The van der Waals surface area contributed by atoms with Crippen LogP contribution >= 0.6 is 11.8 Å². The van der Waals surface area contributed by atoms with E-state index in [0.29, 0.717) is 45.1 Å². The van der Waals surface area contributed by atoms with Crippen LogP contribution in [0.2, 0.25) is 0 Å². The van der Waals surface area contributed by atoms with Gasteiger partial charge in [0.15, 0.2) is 11.2 Å². The first-order valence-electron chi connectivity index (χ1n) is 10.1. The van der Waals surface area contributed by atoms with Crippen LogP contribution in [-0.4, -0.2) is 9.97 Å². The molecule has 4 nitrogen and oxygen atoms in total. The van der Waals surface area contributed by atoms with E-state index in [2.05, 4.69) is 9.97 Å². The van der Waals surface area contributed by atoms with Crippen molar-refractivity contribution in [2.45, 2.75) is 9.79 Å². The first-order valence-corrected chi connectivity index (χ1v) is 10.9. The number of nitrogens with zero attached hydrogens (tertiary/aromatic N) is 2. The number of fused-ring (bicyclic) bond motifs is 2. The van der Waals surface area contributed by atoms with E-state index < -0.39 is 0 Å². The van der Waals surface area contributed by atoms with Gasteiger partial charge < -0.3 is 8.83 Å². The predicted molar refractivity (Wildman–Crippen MR) is 123 cm³/mol. The molecule has 7 heteroatoms. The van der Waals surface area contributed by atoms with Gasteiger partial charge in [-0.05, 0) is 72.8 Å². The molecule has 0 aliphatic heterocycles. The largest absolute Gasteiger partial charge is 0.436 e. The first kappa shape index (κ1) is 19.7. The predicted octanol–water partition coefficient (Wildman–Crippen LogP) is 7.73. The number of halogens is 2. The Balaban J connectivity index is 1.29. The number of hydrogen-bond acceptors (Lipinski definition) is 5. The molecule has 0 fully saturated rings. The van der Waals surface area contributed by atoms with Gasteiger partial charge in [0.2, 0.25) is 11.8 Å². The highest BCUT2D eigenvalue weighted by Crippen LogP contribution is 2.34. The van der Waals surface area contributed by atoms with Crippen LogP contribution < -0.4 is 0 Å². The van der Waals surface area contributed by atoms with E-state index in [-0.39, 0.29) is 11.6 Å². The van der Waals surface area contributed by atoms with Gasteiger partial charge in [-0.25, -0.2) is 18.7 Å². The maximum atomic E-state index is 13.5. The summed E-state index contributed by atoms with van der Waals surface area (Å²) in [6.07, 6.45) is 0. The van der Waals surface area contributed by atoms with Crippen molar-refractivity contribution in [1.29, 1.82) is 0 Å². The van der Waals surface area contributed by atoms with Crippen molar-refractivity contribution in [2.75, 3.05) is 0 Å². The maximum absolute atomic E-state index is 13.5. The van der Waals surface area contributed by atoms with Crippen molar-refractivity contribution in [2.24, 2.45) is 0 Å². The zero-order valence-corrected chi connectivity index (χ0v) is 17.8. The van der Waals surface area contributed by atoms with Crippen molar-refractivity contribution in [3.8, 4) is 22.9 Å². The van der Waals surface area contributed by atoms with Crippen LogP contribution in [0.5, 0.6) is 0 Å². The van der Waals surface area contributed by atoms with Gasteiger partial charge in [-0.1, -0.05) is 23.9 Å². The van der Waals surface area contributed by atoms with Crippen molar-refractivity contribution >= 4 is 34.0 Å². The quantitative estimate of drug-likeness (QED) is 0.272. The standard InChI is InChI=1S/C26H14F2N2O2S/c27-17-5-1-3-15(11-17)25-29-21-9-7-19(13-23(21)31-25)33-20-8-10-22-24(14-20)32-26(30-22)16-4-2-6-18(28)12-16/h1-14H. The van der Waals surface area contributed by atoms with Gasteiger partial charge in [-0.2, -0.15) is 0 Å². The monoisotopic (exact) mass is 456 g/mol. The minimum absolute atomic E-state index is 0.339. The van der Waals surface area contributed by atoms with Gasteiger partial charge in [-0.3, -0.25) is 0 Å². The highest BCUT2D eigenvalue weighted by molar-refractivity contribution is 7.99. The second-order valence-electron chi connectivity index (χ2n) is 7.42. The molecule has 2 aromatic heterocycles. The molecule has 0 amide bonds. The Bertz CT molecular complexity index is 1520. The lowest BCUT2D eigenvalue weighted by atomic mass is 10.2. The topological polar surface area (TPSA) is 52.1 Å². The summed E-state index contributed by atoms with van der Waals surface area (Å²) in [6, 6.07) is 23.8. The van der Waals surface area contributed by atoms with E-state index >= 15 is 0 Å². The number of benzene rings is 4. The maximum Gasteiger partial charge on any atom is 0.227 e. The summed E-state index contributed by atoms with van der Waals surface area (Å²) in [4.78, 5) is 10.8. The summed E-state index contributed by atoms with van der Waals surface area (Å²) < 4.78 is 38.8. The normalized spacial score (nSPS) is 11.5. The van der Waals surface area contributed by atoms with Crippen LogP contribution in [0.3, 0.4) is 0 Å². The average molecular weight is 456 g/mol. The van der Waals surface area contributed by atoms with Gasteiger partial charge in [0.1, 0.15) is 22.7 Å². The first-order chi connectivity index (χ1) is 16.1. The summed E-state index contributed by atoms with van der Waals surface area (Å²) in [5.74, 6) is 0.0722. The highest BCUT2D eigenvalue weighted by atomic mass is 32.2. The summed E-state index contributed by atoms with van der Waals surface area (Å²) in [5, 5.41) is 0. The lowest BCUT2D eigenvalue weighted by Gasteiger charge is -2.01. The van der Waals surface area contributed by atoms with E-state index in [9.17, 15) is 8.78 Å². The van der Waals surface area contributed by atoms with Gasteiger partial charge in [0.05, 0.1) is 0 Å². The van der Waals surface area contributed by atoms with Gasteiger partial charge >= 0.3 is 0 Å². The third-order valence-corrected chi connectivity index (χ3v) is 6.08. The number of rotatable bonds is 4. The molecule has 0 N–H and O–H groups in total. The lowest BCUT2D eigenvalue weighted by molar-refractivity contribution is 0.610. The molecule has 0 saturated heterocycles. The molecule has 33 heavy (non-hydrogen) atoms. The van der Waals surface area contributed by atoms with E-state index in [4.69, 9.17) is 8.83 Å². The Morgan fingerprint density at radius 3 is 1.52 bits per heavy atom. The fourth-order valence-corrected chi connectivity index (χ4v) is 4.44. The summed E-state index contributed by atoms with van der Waals surface area (Å²) in [7, 11) is 0. The zero-order valence-electron chi connectivity index (χ0n) is 17.0. The molecule has 0 aliphatic carbocycles. The summed E-state index contributed by atoms with van der Waals surface area (Å²) in [6.45, 7) is 0. The van der Waals surface area contributed by atoms with Gasteiger partial charge in [0.25, 0.3) is 0 Å². The van der Waals surface area contributed by atoms with Crippen LogP contribution in [0.4, 0.5) is 8.78 Å². The van der Waals surface area contributed by atoms with E-state index in [1.165, 1.54) is 36.0 Å². The van der Waals surface area contributed by atoms with E-state index in [1.807, 2.05) is 36.4 Å². The van der Waals surface area contributed by atoms with Gasteiger partial charge in [0, 0.05) is 20.9 Å². The minimum Gasteiger partial charge on any atom is -0.436 e. The van der Waals surface area contributed by atoms with Crippen molar-refractivity contribution < 1.29 is 17.6 Å². The number of hydrogen-bond donors (Lipinski definition) is 0. The molecule has 0 aliphatic rings. The summed E-state index contributed by atoms with van der Waals surface area (Å²) in [5.41, 5.74) is 3.81. The molecular weight excluding hydrogens is 442 g/mol. The van der Waals surface area contributed by atoms with E-state index in [1.54, 1.807) is 24.3 Å². The molecule has 0 saturated carbocycles. The highest BCUT2D eigenvalue weighted by Gasteiger charge is 2.12. The summed E-state index contributed by atoms with van der Waals surface area (Å²) >= 11 is 1.54. The Kier molecular flexibility index (Phi) is 4.69. The molecule has 6 rings (SSSR count). The Morgan fingerprint density at radius 1 is 0.576 bits per heavy atom. The Morgan fingerprint density at radius 2 is 1.06 bits per heavy atom. The minimum atomic E-state index is -0.339. The van der Waals surface area contributed by atoms with Crippen LogP contribution in [0, 0.1) is 11.6 Å². The van der Waals surface area contributed by atoms with Crippen molar-refractivity contribution in [1.82, 2.24) is 9.97 Å². The fraction of sp³-hybridized carbons (Fsp3) is 0.